The highest BCUT2D eigenvalue weighted by Crippen LogP contribution is 2.28. The van der Waals surface area contributed by atoms with Gasteiger partial charge in [-0.15, -0.1) is 0 Å². The monoisotopic (exact) mass is 286 g/mol. The van der Waals surface area contributed by atoms with Crippen LogP contribution in [0.2, 0.25) is 0 Å². The zero-order valence-corrected chi connectivity index (χ0v) is 12.3. The van der Waals surface area contributed by atoms with E-state index in [1.165, 1.54) is 11.3 Å². The van der Waals surface area contributed by atoms with Crippen LogP contribution in [0.4, 0.5) is 5.13 Å². The molecule has 3 rings (SSSR count). The molecule has 2 heterocycles. The Hall–Kier alpha value is -2.21. The molecule has 1 amide bonds. The molecule has 0 bridgehead atoms. The quantitative estimate of drug-likeness (QED) is 0.788. The van der Waals surface area contributed by atoms with Gasteiger partial charge in [0.1, 0.15) is 0 Å². The van der Waals surface area contributed by atoms with Gasteiger partial charge in [-0.1, -0.05) is 23.5 Å². The summed E-state index contributed by atoms with van der Waals surface area (Å²) in [5.41, 5.74) is 3.32. The number of carbonyl (C=O) groups is 1. The number of aryl methyl sites for hydroxylation is 3. The van der Waals surface area contributed by atoms with Gasteiger partial charge in [-0.05, 0) is 25.5 Å². The van der Waals surface area contributed by atoms with Crippen molar-refractivity contribution in [3.63, 3.8) is 0 Å². The second-order valence-electron chi connectivity index (χ2n) is 4.73. The number of thiazole rings is 1. The van der Waals surface area contributed by atoms with Crippen LogP contribution >= 0.6 is 11.3 Å². The van der Waals surface area contributed by atoms with Crippen LogP contribution in [0, 0.1) is 13.8 Å². The predicted octanol–water partition coefficient (Wildman–Crippen LogP) is 2.90. The van der Waals surface area contributed by atoms with Gasteiger partial charge in [0.25, 0.3) is 5.91 Å². The molecular weight excluding hydrogens is 272 g/mol. The van der Waals surface area contributed by atoms with Gasteiger partial charge >= 0.3 is 0 Å². The fourth-order valence-electron chi connectivity index (χ4n) is 2.13. The number of nitrogens with one attached hydrogen (secondary N) is 1. The minimum absolute atomic E-state index is 0.222. The van der Waals surface area contributed by atoms with Crippen molar-refractivity contribution in [2.24, 2.45) is 7.05 Å². The molecule has 2 aromatic heterocycles. The summed E-state index contributed by atoms with van der Waals surface area (Å²) < 4.78 is 2.70. The topological polar surface area (TPSA) is 59.8 Å². The van der Waals surface area contributed by atoms with Crippen molar-refractivity contribution < 1.29 is 4.79 Å². The molecule has 0 aliphatic rings. The minimum atomic E-state index is -0.222. The van der Waals surface area contributed by atoms with Crippen LogP contribution in [0.3, 0.4) is 0 Å². The van der Waals surface area contributed by atoms with Crippen molar-refractivity contribution in [1.82, 2.24) is 14.8 Å². The summed E-state index contributed by atoms with van der Waals surface area (Å²) in [4.78, 5) is 16.7. The van der Waals surface area contributed by atoms with E-state index < -0.39 is 0 Å². The molecule has 5 nitrogen and oxygen atoms in total. The van der Waals surface area contributed by atoms with Crippen LogP contribution < -0.4 is 5.32 Å². The fourth-order valence-corrected chi connectivity index (χ4v) is 3.07. The first-order chi connectivity index (χ1) is 9.54. The van der Waals surface area contributed by atoms with E-state index in [-0.39, 0.29) is 5.91 Å². The van der Waals surface area contributed by atoms with E-state index in [2.05, 4.69) is 15.4 Å². The standard InChI is InChI=1S/C14H14N4OS/c1-8-5-4-6-10-11(8)15-14(20-10)16-13(19)12-9(2)7-18(3)17-12/h4-7H,1-3H3,(H,15,16,19). The van der Waals surface area contributed by atoms with Gasteiger partial charge in [0.15, 0.2) is 10.8 Å². The van der Waals surface area contributed by atoms with E-state index in [1.54, 1.807) is 11.7 Å². The van der Waals surface area contributed by atoms with E-state index in [0.717, 1.165) is 21.3 Å². The number of benzene rings is 1. The maximum absolute atomic E-state index is 12.2. The molecule has 0 aliphatic carbocycles. The molecule has 102 valence electrons. The van der Waals surface area contributed by atoms with Crippen molar-refractivity contribution in [2.45, 2.75) is 13.8 Å². The number of hydrogen-bond donors (Lipinski definition) is 1. The summed E-state index contributed by atoms with van der Waals surface area (Å²) >= 11 is 1.47. The predicted molar refractivity (Wildman–Crippen MR) is 80.3 cm³/mol. The highest BCUT2D eigenvalue weighted by atomic mass is 32.1. The zero-order chi connectivity index (χ0) is 14.3. The van der Waals surface area contributed by atoms with E-state index in [1.807, 2.05) is 38.2 Å². The lowest BCUT2D eigenvalue weighted by molar-refractivity contribution is 0.102. The SMILES string of the molecule is Cc1cn(C)nc1C(=O)Nc1nc2c(C)cccc2s1. The first kappa shape index (κ1) is 12.8. The van der Waals surface area contributed by atoms with Crippen LogP contribution in [-0.4, -0.2) is 20.7 Å². The molecule has 1 N–H and O–H groups in total. The van der Waals surface area contributed by atoms with E-state index >= 15 is 0 Å². The zero-order valence-electron chi connectivity index (χ0n) is 11.5. The van der Waals surface area contributed by atoms with Gasteiger partial charge in [0.05, 0.1) is 10.2 Å². The third-order valence-corrected chi connectivity index (χ3v) is 4.00. The third kappa shape index (κ3) is 2.18. The van der Waals surface area contributed by atoms with E-state index in [0.29, 0.717) is 10.8 Å². The van der Waals surface area contributed by atoms with Crippen molar-refractivity contribution in [2.75, 3.05) is 5.32 Å². The minimum Gasteiger partial charge on any atom is -0.296 e. The van der Waals surface area contributed by atoms with Crippen molar-refractivity contribution >= 4 is 32.6 Å². The largest absolute Gasteiger partial charge is 0.296 e. The number of fused-ring (bicyclic) bond motifs is 1. The number of carbonyl (C=O) groups excluding carboxylic acids is 1. The number of amides is 1. The molecule has 0 saturated carbocycles. The van der Waals surface area contributed by atoms with Gasteiger partial charge in [-0.25, -0.2) is 4.98 Å². The first-order valence-electron chi connectivity index (χ1n) is 6.22. The van der Waals surface area contributed by atoms with Gasteiger partial charge in [-0.2, -0.15) is 5.10 Å². The summed E-state index contributed by atoms with van der Waals surface area (Å²) in [6.07, 6.45) is 1.82. The average molecular weight is 286 g/mol. The average Bonchev–Trinajstić information content (AvgIpc) is 2.93. The van der Waals surface area contributed by atoms with Crippen LogP contribution in [0.5, 0.6) is 0 Å². The van der Waals surface area contributed by atoms with Crippen LogP contribution in [0.25, 0.3) is 10.2 Å². The van der Waals surface area contributed by atoms with E-state index in [9.17, 15) is 4.79 Å². The summed E-state index contributed by atoms with van der Waals surface area (Å²) in [5, 5.41) is 7.58. The molecule has 20 heavy (non-hydrogen) atoms. The van der Waals surface area contributed by atoms with Crippen LogP contribution in [-0.2, 0) is 7.05 Å². The fraction of sp³-hybridized carbons (Fsp3) is 0.214. The van der Waals surface area contributed by atoms with Crippen LogP contribution in [0.15, 0.2) is 24.4 Å². The summed E-state index contributed by atoms with van der Waals surface area (Å²) in [7, 11) is 1.80. The lowest BCUT2D eigenvalue weighted by Crippen LogP contribution is -2.13. The molecule has 0 aliphatic heterocycles. The Labute approximate surface area is 120 Å². The Balaban J connectivity index is 1.91. The van der Waals surface area contributed by atoms with Crippen molar-refractivity contribution in [3.05, 3.63) is 41.2 Å². The first-order valence-corrected chi connectivity index (χ1v) is 7.04. The lowest BCUT2D eigenvalue weighted by Gasteiger charge is -1.98. The maximum Gasteiger partial charge on any atom is 0.278 e. The third-order valence-electron chi connectivity index (χ3n) is 3.07. The van der Waals surface area contributed by atoms with Crippen molar-refractivity contribution in [1.29, 1.82) is 0 Å². The summed E-state index contributed by atoms with van der Waals surface area (Å²) in [6.45, 7) is 3.88. The Kier molecular flexibility index (Phi) is 3.02. The molecule has 0 saturated heterocycles. The normalized spacial score (nSPS) is 10.9. The lowest BCUT2D eigenvalue weighted by atomic mass is 10.2. The number of aromatic nitrogens is 3. The molecule has 3 aromatic rings. The van der Waals surface area contributed by atoms with E-state index in [4.69, 9.17) is 0 Å². The number of nitrogens with zero attached hydrogens (tertiary/aromatic N) is 3. The molecule has 6 heteroatoms. The molecule has 0 radical (unpaired) electrons. The molecule has 0 fully saturated rings. The van der Waals surface area contributed by atoms with Gasteiger partial charge in [0.2, 0.25) is 0 Å². The van der Waals surface area contributed by atoms with Gasteiger partial charge < -0.3 is 0 Å². The Bertz CT molecular complexity index is 803. The second-order valence-corrected chi connectivity index (χ2v) is 5.76. The van der Waals surface area contributed by atoms with Gasteiger partial charge in [0, 0.05) is 18.8 Å². The second kappa shape index (κ2) is 4.72. The maximum atomic E-state index is 12.2. The molecule has 1 aromatic carbocycles. The van der Waals surface area contributed by atoms with Gasteiger partial charge in [-0.3, -0.25) is 14.8 Å². The summed E-state index contributed by atoms with van der Waals surface area (Å²) in [6, 6.07) is 6.00. The molecular formula is C14H14N4OS. The highest BCUT2D eigenvalue weighted by molar-refractivity contribution is 7.22. The molecule has 0 atom stereocenters. The number of rotatable bonds is 2. The van der Waals surface area contributed by atoms with Crippen LogP contribution in [0.1, 0.15) is 21.6 Å². The molecule has 0 spiro atoms. The van der Waals surface area contributed by atoms with Crippen molar-refractivity contribution in [3.8, 4) is 0 Å². The number of para-hydroxylation sites is 1. The number of hydrogen-bond acceptors (Lipinski definition) is 4. The molecule has 0 unspecified atom stereocenters. The Morgan fingerprint density at radius 3 is 2.75 bits per heavy atom. The Morgan fingerprint density at radius 2 is 2.10 bits per heavy atom. The highest BCUT2D eigenvalue weighted by Gasteiger charge is 2.15. The summed E-state index contributed by atoms with van der Waals surface area (Å²) in [5.74, 6) is -0.222. The smallest absolute Gasteiger partial charge is 0.278 e. The Morgan fingerprint density at radius 1 is 1.30 bits per heavy atom. The number of anilines is 1.